The Kier molecular flexibility index (Phi) is 5.14. The molecule has 114 valence electrons. The Hall–Kier alpha value is -0.960. The van der Waals surface area contributed by atoms with E-state index in [0.717, 1.165) is 13.1 Å². The lowest BCUT2D eigenvalue weighted by atomic mass is 10.4. The van der Waals surface area contributed by atoms with Crippen LogP contribution in [0.3, 0.4) is 0 Å². The van der Waals surface area contributed by atoms with E-state index in [1.807, 2.05) is 0 Å². The van der Waals surface area contributed by atoms with Gasteiger partial charge in [0.25, 0.3) is 0 Å². The van der Waals surface area contributed by atoms with Gasteiger partial charge in [-0.15, -0.1) is 0 Å². The first-order valence-electron chi connectivity index (χ1n) is 7.03. The van der Waals surface area contributed by atoms with Crippen LogP contribution in [-0.4, -0.2) is 55.3 Å². The van der Waals surface area contributed by atoms with Crippen molar-refractivity contribution in [3.05, 3.63) is 12.4 Å². The van der Waals surface area contributed by atoms with Gasteiger partial charge >= 0.3 is 0 Å². The van der Waals surface area contributed by atoms with Crippen LogP contribution in [0.15, 0.2) is 17.3 Å². The van der Waals surface area contributed by atoms with Gasteiger partial charge in [-0.2, -0.15) is 5.10 Å². The van der Waals surface area contributed by atoms with Crippen LogP contribution in [0.5, 0.6) is 0 Å². The minimum atomic E-state index is -3.47. The lowest BCUT2D eigenvalue weighted by molar-refractivity contribution is 0.282. The first-order chi connectivity index (χ1) is 9.56. The van der Waals surface area contributed by atoms with Crippen molar-refractivity contribution < 1.29 is 8.42 Å². The van der Waals surface area contributed by atoms with Gasteiger partial charge in [-0.05, 0) is 19.4 Å². The summed E-state index contributed by atoms with van der Waals surface area (Å²) in [5.74, 6) is 0. The number of aromatic nitrogens is 2. The topological polar surface area (TPSA) is 93.2 Å². The van der Waals surface area contributed by atoms with E-state index < -0.39 is 10.0 Å². The fourth-order valence-electron chi connectivity index (χ4n) is 2.18. The summed E-state index contributed by atoms with van der Waals surface area (Å²) in [7, 11) is -3.47. The van der Waals surface area contributed by atoms with Crippen LogP contribution in [0.1, 0.15) is 19.8 Å². The summed E-state index contributed by atoms with van der Waals surface area (Å²) in [5.41, 5.74) is 5.41. The normalized spacial score (nSPS) is 15.9. The molecule has 2 rings (SSSR count). The van der Waals surface area contributed by atoms with E-state index >= 15 is 0 Å². The van der Waals surface area contributed by atoms with E-state index in [9.17, 15) is 8.42 Å². The van der Waals surface area contributed by atoms with E-state index in [1.165, 1.54) is 29.9 Å². The second kappa shape index (κ2) is 6.66. The van der Waals surface area contributed by atoms with Crippen LogP contribution < -0.4 is 10.5 Å². The molecule has 0 atom stereocenters. The maximum atomic E-state index is 12.1. The van der Waals surface area contributed by atoms with Crippen LogP contribution in [-0.2, 0) is 16.6 Å². The molecule has 1 aliphatic carbocycles. The van der Waals surface area contributed by atoms with E-state index in [-0.39, 0.29) is 4.90 Å². The first kappa shape index (κ1) is 15.4. The molecule has 3 N–H and O–H groups in total. The van der Waals surface area contributed by atoms with E-state index in [2.05, 4.69) is 21.6 Å². The highest BCUT2D eigenvalue weighted by Crippen LogP contribution is 2.25. The molecule has 8 heteroatoms. The lowest BCUT2D eigenvalue weighted by Gasteiger charge is -2.19. The third-order valence-electron chi connectivity index (χ3n) is 3.44. The predicted octanol–water partition coefficient (Wildman–Crippen LogP) is -0.396. The highest BCUT2D eigenvalue weighted by Gasteiger charge is 2.27. The van der Waals surface area contributed by atoms with Crippen LogP contribution in [0.2, 0.25) is 0 Å². The Balaban J connectivity index is 1.86. The largest absolute Gasteiger partial charge is 0.329 e. The van der Waals surface area contributed by atoms with Gasteiger partial charge in [0.05, 0.1) is 12.7 Å². The van der Waals surface area contributed by atoms with Crippen molar-refractivity contribution in [1.29, 1.82) is 0 Å². The Morgan fingerprint density at radius 2 is 2.30 bits per heavy atom. The SMILES string of the molecule is CCN(CCNS(=O)(=O)c1cnn(CCN)c1)C1CC1. The van der Waals surface area contributed by atoms with Crippen molar-refractivity contribution in [1.82, 2.24) is 19.4 Å². The monoisotopic (exact) mass is 301 g/mol. The molecule has 1 heterocycles. The summed E-state index contributed by atoms with van der Waals surface area (Å²) in [6, 6.07) is 0.650. The predicted molar refractivity (Wildman–Crippen MR) is 76.7 cm³/mol. The summed E-state index contributed by atoms with van der Waals surface area (Å²) in [4.78, 5) is 2.50. The number of nitrogens with one attached hydrogen (secondary N) is 1. The number of sulfonamides is 1. The zero-order valence-corrected chi connectivity index (χ0v) is 12.6. The maximum absolute atomic E-state index is 12.1. The van der Waals surface area contributed by atoms with Gasteiger partial charge < -0.3 is 5.73 Å². The molecule has 0 saturated heterocycles. The average molecular weight is 301 g/mol. The summed E-state index contributed by atoms with van der Waals surface area (Å²) in [5, 5.41) is 3.98. The molecule has 1 aliphatic rings. The van der Waals surface area contributed by atoms with Gasteiger partial charge in [0.1, 0.15) is 4.90 Å². The number of hydrogen-bond acceptors (Lipinski definition) is 5. The van der Waals surface area contributed by atoms with Crippen LogP contribution in [0.25, 0.3) is 0 Å². The second-order valence-electron chi connectivity index (χ2n) is 4.99. The molecule has 0 amide bonds. The second-order valence-corrected chi connectivity index (χ2v) is 6.75. The molecule has 1 fully saturated rings. The molecule has 20 heavy (non-hydrogen) atoms. The minimum absolute atomic E-state index is 0.195. The zero-order valence-electron chi connectivity index (χ0n) is 11.8. The Bertz CT molecular complexity index is 524. The van der Waals surface area contributed by atoms with Gasteiger partial charge in [-0.3, -0.25) is 9.58 Å². The van der Waals surface area contributed by atoms with Crippen LogP contribution in [0, 0.1) is 0 Å². The smallest absolute Gasteiger partial charge is 0.243 e. The molecular weight excluding hydrogens is 278 g/mol. The minimum Gasteiger partial charge on any atom is -0.329 e. The summed E-state index contributed by atoms with van der Waals surface area (Å²) in [6.07, 6.45) is 5.32. The van der Waals surface area contributed by atoms with E-state index in [4.69, 9.17) is 5.73 Å². The molecule has 1 saturated carbocycles. The number of hydrogen-bond donors (Lipinski definition) is 2. The van der Waals surface area contributed by atoms with E-state index in [1.54, 1.807) is 0 Å². The number of likely N-dealkylation sites (N-methyl/N-ethyl adjacent to an activating group) is 1. The third kappa shape index (κ3) is 4.02. The number of nitrogens with two attached hydrogens (primary N) is 1. The fraction of sp³-hybridized carbons (Fsp3) is 0.750. The van der Waals surface area contributed by atoms with Crippen molar-refractivity contribution in [3.8, 4) is 0 Å². The fourth-order valence-corrected chi connectivity index (χ4v) is 3.16. The molecule has 0 unspecified atom stereocenters. The van der Waals surface area contributed by atoms with Gasteiger partial charge in [-0.25, -0.2) is 13.1 Å². The molecule has 0 aliphatic heterocycles. The van der Waals surface area contributed by atoms with Gasteiger partial charge in [0.15, 0.2) is 0 Å². The first-order valence-corrected chi connectivity index (χ1v) is 8.51. The summed E-state index contributed by atoms with van der Waals surface area (Å²) < 4.78 is 28.3. The maximum Gasteiger partial charge on any atom is 0.243 e. The summed E-state index contributed by atoms with van der Waals surface area (Å²) >= 11 is 0. The van der Waals surface area contributed by atoms with Crippen molar-refractivity contribution in [2.24, 2.45) is 5.73 Å². The van der Waals surface area contributed by atoms with Crippen molar-refractivity contribution in [2.45, 2.75) is 37.2 Å². The molecule has 7 nitrogen and oxygen atoms in total. The number of nitrogens with zero attached hydrogens (tertiary/aromatic N) is 3. The van der Waals surface area contributed by atoms with Crippen LogP contribution in [0.4, 0.5) is 0 Å². The van der Waals surface area contributed by atoms with Crippen molar-refractivity contribution in [2.75, 3.05) is 26.2 Å². The lowest BCUT2D eigenvalue weighted by Crippen LogP contribution is -2.36. The molecule has 0 aromatic carbocycles. The number of rotatable bonds is 9. The highest BCUT2D eigenvalue weighted by molar-refractivity contribution is 7.89. The van der Waals surface area contributed by atoms with Crippen molar-refractivity contribution in [3.63, 3.8) is 0 Å². The van der Waals surface area contributed by atoms with Crippen molar-refractivity contribution >= 4 is 10.0 Å². The standard InChI is InChI=1S/C12H23N5O2S/c1-2-16(11-3-4-11)8-6-15-20(18,19)12-9-14-17(10-12)7-5-13/h9-11,15H,2-8,13H2,1H3. The molecule has 0 bridgehead atoms. The average Bonchev–Trinajstić information content (AvgIpc) is 3.14. The van der Waals surface area contributed by atoms with E-state index in [0.29, 0.717) is 25.7 Å². The molecule has 0 radical (unpaired) electrons. The quantitative estimate of drug-likeness (QED) is 0.647. The third-order valence-corrected chi connectivity index (χ3v) is 4.85. The highest BCUT2D eigenvalue weighted by atomic mass is 32.2. The molecular formula is C12H23N5O2S. The Labute approximate surface area is 120 Å². The zero-order chi connectivity index (χ0) is 14.6. The Morgan fingerprint density at radius 1 is 1.55 bits per heavy atom. The van der Waals surface area contributed by atoms with Gasteiger partial charge in [0.2, 0.25) is 10.0 Å². The van der Waals surface area contributed by atoms with Gasteiger partial charge in [0, 0.05) is 31.9 Å². The molecule has 0 spiro atoms. The van der Waals surface area contributed by atoms with Crippen LogP contribution >= 0.6 is 0 Å². The van der Waals surface area contributed by atoms with Gasteiger partial charge in [-0.1, -0.05) is 6.92 Å². The Morgan fingerprint density at radius 3 is 2.90 bits per heavy atom. The molecule has 1 aromatic rings. The summed E-state index contributed by atoms with van der Waals surface area (Å²) in [6.45, 7) is 5.18. The molecule has 1 aromatic heterocycles.